The highest BCUT2D eigenvalue weighted by Gasteiger charge is 2.17. The summed E-state index contributed by atoms with van der Waals surface area (Å²) in [4.78, 5) is 29.7. The standard InChI is InChI=1S/C26H22FN5O2S/c1-15-12-21(16(2)32(15)18-10-8-17(27)9-11-18)23-14-35-26(28-23)29-24(33)13-22-19-6-4-5-7-20(19)25(34)31(3)30-22/h4-12,14H,13H2,1-3H3,(H,28,29,33). The normalized spacial score (nSPS) is 11.2. The quantitative estimate of drug-likeness (QED) is 0.387. The van der Waals surface area contributed by atoms with E-state index < -0.39 is 0 Å². The van der Waals surface area contributed by atoms with Crippen LogP contribution in [0.3, 0.4) is 0 Å². The second-order valence-electron chi connectivity index (χ2n) is 8.28. The molecule has 0 atom stereocenters. The lowest BCUT2D eigenvalue weighted by Crippen LogP contribution is -2.24. The van der Waals surface area contributed by atoms with Gasteiger partial charge in [0.15, 0.2) is 5.13 Å². The zero-order valence-corrected chi connectivity index (χ0v) is 20.2. The summed E-state index contributed by atoms with van der Waals surface area (Å²) in [5, 5.41) is 10.7. The maximum Gasteiger partial charge on any atom is 0.274 e. The van der Waals surface area contributed by atoms with Crippen molar-refractivity contribution in [2.45, 2.75) is 20.3 Å². The Hall–Kier alpha value is -4.11. The SMILES string of the molecule is Cc1cc(-c2csc(NC(=O)Cc3nn(C)c(=O)c4ccccc34)n2)c(C)n1-c1ccc(F)cc1. The summed E-state index contributed by atoms with van der Waals surface area (Å²) in [7, 11) is 1.58. The van der Waals surface area contributed by atoms with Crippen molar-refractivity contribution in [1.29, 1.82) is 0 Å². The Kier molecular flexibility index (Phi) is 5.78. The number of carbonyl (C=O) groups is 1. The molecular formula is C26H22FN5O2S. The number of amides is 1. The highest BCUT2D eigenvalue weighted by Crippen LogP contribution is 2.31. The molecule has 0 fully saturated rings. The predicted molar refractivity (Wildman–Crippen MR) is 136 cm³/mol. The Morgan fingerprint density at radius 2 is 1.80 bits per heavy atom. The number of benzene rings is 2. The number of nitrogens with one attached hydrogen (secondary N) is 1. The van der Waals surface area contributed by atoms with E-state index in [0.29, 0.717) is 21.6 Å². The van der Waals surface area contributed by atoms with Gasteiger partial charge < -0.3 is 9.88 Å². The van der Waals surface area contributed by atoms with Gasteiger partial charge in [0.1, 0.15) is 5.82 Å². The molecule has 0 spiro atoms. The van der Waals surface area contributed by atoms with Crippen LogP contribution in [-0.4, -0.2) is 25.2 Å². The molecule has 7 nitrogen and oxygen atoms in total. The molecule has 3 aromatic heterocycles. The number of fused-ring (bicyclic) bond motifs is 1. The third-order valence-corrected chi connectivity index (χ3v) is 6.66. The van der Waals surface area contributed by atoms with Crippen LogP contribution < -0.4 is 10.9 Å². The number of anilines is 1. The molecule has 1 N–H and O–H groups in total. The lowest BCUT2D eigenvalue weighted by molar-refractivity contribution is -0.115. The maximum absolute atomic E-state index is 13.4. The average molecular weight is 488 g/mol. The highest BCUT2D eigenvalue weighted by molar-refractivity contribution is 7.14. The number of thiazole rings is 1. The van der Waals surface area contributed by atoms with Crippen molar-refractivity contribution in [3.8, 4) is 16.9 Å². The molecule has 5 rings (SSSR count). The number of carbonyl (C=O) groups excluding carboxylic acids is 1. The van der Waals surface area contributed by atoms with Crippen LogP contribution in [0.1, 0.15) is 17.1 Å². The first-order valence-electron chi connectivity index (χ1n) is 11.0. The van der Waals surface area contributed by atoms with Crippen LogP contribution in [0.4, 0.5) is 9.52 Å². The second kappa shape index (κ2) is 8.92. The fourth-order valence-electron chi connectivity index (χ4n) is 4.29. The third-order valence-electron chi connectivity index (χ3n) is 5.90. The maximum atomic E-state index is 13.4. The molecule has 0 radical (unpaired) electrons. The molecule has 9 heteroatoms. The van der Waals surface area contributed by atoms with Gasteiger partial charge in [-0.3, -0.25) is 9.59 Å². The van der Waals surface area contributed by atoms with Crippen LogP contribution in [0.2, 0.25) is 0 Å². The fraction of sp³-hybridized carbons (Fsp3) is 0.154. The van der Waals surface area contributed by atoms with E-state index in [0.717, 1.165) is 28.3 Å². The zero-order chi connectivity index (χ0) is 24.7. The first kappa shape index (κ1) is 22.7. The van der Waals surface area contributed by atoms with E-state index in [1.165, 1.54) is 28.2 Å². The minimum atomic E-state index is -0.280. The first-order valence-corrected chi connectivity index (χ1v) is 11.9. The van der Waals surface area contributed by atoms with E-state index in [4.69, 9.17) is 0 Å². The number of nitrogens with zero attached hydrogens (tertiary/aromatic N) is 4. The van der Waals surface area contributed by atoms with Crippen LogP contribution in [0.25, 0.3) is 27.7 Å². The molecule has 0 saturated heterocycles. The van der Waals surface area contributed by atoms with Gasteiger partial charge in [0.25, 0.3) is 5.56 Å². The largest absolute Gasteiger partial charge is 0.318 e. The van der Waals surface area contributed by atoms with Crippen molar-refractivity contribution in [2.75, 3.05) is 5.32 Å². The first-order chi connectivity index (χ1) is 16.8. The second-order valence-corrected chi connectivity index (χ2v) is 9.14. The van der Waals surface area contributed by atoms with Gasteiger partial charge in [0.2, 0.25) is 5.91 Å². The summed E-state index contributed by atoms with van der Waals surface area (Å²) in [5.41, 5.74) is 4.85. The molecule has 5 aromatic rings. The van der Waals surface area contributed by atoms with E-state index >= 15 is 0 Å². The fourth-order valence-corrected chi connectivity index (χ4v) is 5.01. The Morgan fingerprint density at radius 1 is 1.09 bits per heavy atom. The minimum Gasteiger partial charge on any atom is -0.318 e. The smallest absolute Gasteiger partial charge is 0.274 e. The van der Waals surface area contributed by atoms with E-state index in [1.54, 1.807) is 37.4 Å². The van der Waals surface area contributed by atoms with Gasteiger partial charge in [-0.2, -0.15) is 5.10 Å². The lowest BCUT2D eigenvalue weighted by atomic mass is 10.1. The van der Waals surface area contributed by atoms with E-state index in [1.807, 2.05) is 35.9 Å². The Balaban J connectivity index is 1.38. The van der Waals surface area contributed by atoms with Gasteiger partial charge in [0, 0.05) is 40.5 Å². The summed E-state index contributed by atoms with van der Waals surface area (Å²) >= 11 is 1.34. The minimum absolute atomic E-state index is 0.0165. The summed E-state index contributed by atoms with van der Waals surface area (Å²) in [6.45, 7) is 3.97. The predicted octanol–water partition coefficient (Wildman–Crippen LogP) is 4.78. The van der Waals surface area contributed by atoms with Crippen molar-refractivity contribution in [2.24, 2.45) is 7.05 Å². The number of hydrogen-bond donors (Lipinski definition) is 1. The van der Waals surface area contributed by atoms with Crippen molar-refractivity contribution >= 4 is 33.1 Å². The van der Waals surface area contributed by atoms with Crippen LogP contribution >= 0.6 is 11.3 Å². The number of aromatic nitrogens is 4. The zero-order valence-electron chi connectivity index (χ0n) is 19.4. The molecular weight excluding hydrogens is 465 g/mol. The molecule has 0 aliphatic carbocycles. The number of rotatable bonds is 5. The molecule has 2 aromatic carbocycles. The molecule has 0 aliphatic rings. The molecule has 1 amide bonds. The highest BCUT2D eigenvalue weighted by atomic mass is 32.1. The number of aryl methyl sites for hydroxylation is 2. The third kappa shape index (κ3) is 4.26. The van der Waals surface area contributed by atoms with Crippen molar-refractivity contribution in [1.82, 2.24) is 19.3 Å². The summed E-state index contributed by atoms with van der Waals surface area (Å²) in [5.74, 6) is -0.545. The number of halogens is 1. The summed E-state index contributed by atoms with van der Waals surface area (Å²) < 4.78 is 16.7. The van der Waals surface area contributed by atoms with Crippen LogP contribution in [0, 0.1) is 19.7 Å². The number of hydrogen-bond acceptors (Lipinski definition) is 5. The van der Waals surface area contributed by atoms with Gasteiger partial charge in [-0.1, -0.05) is 18.2 Å². The van der Waals surface area contributed by atoms with Crippen LogP contribution in [0.15, 0.2) is 64.8 Å². The van der Waals surface area contributed by atoms with Gasteiger partial charge in [-0.15, -0.1) is 11.3 Å². The van der Waals surface area contributed by atoms with Gasteiger partial charge in [-0.25, -0.2) is 14.1 Å². The molecule has 176 valence electrons. The molecule has 35 heavy (non-hydrogen) atoms. The Bertz CT molecular complexity index is 1630. The summed E-state index contributed by atoms with van der Waals surface area (Å²) in [6.07, 6.45) is 0.0165. The van der Waals surface area contributed by atoms with Crippen molar-refractivity contribution in [3.05, 3.63) is 93.2 Å². The van der Waals surface area contributed by atoms with Gasteiger partial charge >= 0.3 is 0 Å². The lowest BCUT2D eigenvalue weighted by Gasteiger charge is -2.09. The van der Waals surface area contributed by atoms with E-state index in [9.17, 15) is 14.0 Å². The van der Waals surface area contributed by atoms with Crippen LogP contribution in [0.5, 0.6) is 0 Å². The molecule has 3 heterocycles. The van der Waals surface area contributed by atoms with Gasteiger partial charge in [-0.05, 0) is 50.2 Å². The topological polar surface area (TPSA) is 81.8 Å². The Labute approximate surface area is 204 Å². The summed E-state index contributed by atoms with van der Waals surface area (Å²) in [6, 6.07) is 15.5. The van der Waals surface area contributed by atoms with Crippen molar-refractivity contribution in [3.63, 3.8) is 0 Å². The molecule has 0 bridgehead atoms. The molecule has 0 aliphatic heterocycles. The van der Waals surface area contributed by atoms with Crippen LogP contribution in [-0.2, 0) is 18.3 Å². The van der Waals surface area contributed by atoms with Gasteiger partial charge in [0.05, 0.1) is 23.2 Å². The molecule has 0 saturated carbocycles. The molecule has 0 unspecified atom stereocenters. The Morgan fingerprint density at radius 3 is 2.54 bits per heavy atom. The van der Waals surface area contributed by atoms with E-state index in [-0.39, 0.29) is 23.7 Å². The monoisotopic (exact) mass is 487 g/mol. The van der Waals surface area contributed by atoms with Crippen molar-refractivity contribution < 1.29 is 9.18 Å². The van der Waals surface area contributed by atoms with E-state index in [2.05, 4.69) is 15.4 Å². The average Bonchev–Trinajstić information content (AvgIpc) is 3.41.